The average molecular weight is 372 g/mol. The van der Waals surface area contributed by atoms with Crippen LogP contribution < -0.4 is 0 Å². The summed E-state index contributed by atoms with van der Waals surface area (Å²) in [6.07, 6.45) is 3.03. The zero-order chi connectivity index (χ0) is 20.7. The van der Waals surface area contributed by atoms with E-state index in [1.165, 1.54) is 20.8 Å². The summed E-state index contributed by atoms with van der Waals surface area (Å²) in [5, 5.41) is 57.0. The van der Waals surface area contributed by atoms with Gasteiger partial charge in [0.1, 0.15) is 0 Å². The molecule has 6 N–H and O–H groups in total. The molecule has 0 bridgehead atoms. The van der Waals surface area contributed by atoms with Gasteiger partial charge in [0.15, 0.2) is 0 Å². The lowest BCUT2D eigenvalue weighted by molar-refractivity contribution is -0.133. The third-order valence-corrected chi connectivity index (χ3v) is 4.20. The summed E-state index contributed by atoms with van der Waals surface area (Å²) in [7, 11) is 0. The summed E-state index contributed by atoms with van der Waals surface area (Å²) in [6, 6.07) is 0. The molecule has 0 unspecified atom stereocenters. The third kappa shape index (κ3) is 5.01. The average Bonchev–Trinajstić information content (AvgIpc) is 2.56. The summed E-state index contributed by atoms with van der Waals surface area (Å²) in [5.74, 6) is -4.13. The molecule has 0 aromatic rings. The quantitative estimate of drug-likeness (QED) is 0.289. The zero-order valence-corrected chi connectivity index (χ0v) is 14.8. The number of carboxylic acids is 3. The van der Waals surface area contributed by atoms with E-state index >= 15 is 0 Å². The minimum Gasteiger partial charge on any atom is -0.478 e. The maximum absolute atomic E-state index is 11.3. The molecule has 0 aliphatic rings. The smallest absolute Gasteiger partial charge is 0.330 e. The van der Waals surface area contributed by atoms with Gasteiger partial charge >= 0.3 is 17.9 Å². The first-order valence-corrected chi connectivity index (χ1v) is 7.52. The standard InChI is InChI=1S/C17H24O9/c1-10(13(21)22)4-16(5-11(2)14(23)24,6-12(3)15(25)26)17(7-18,8-19)9-20/h4-6,18-20H,7-9H2,1-3H3,(H,21,22)(H,23,24)(H,25,26). The van der Waals surface area contributed by atoms with Gasteiger partial charge in [-0.3, -0.25) is 0 Å². The molecule has 0 rings (SSSR count). The summed E-state index contributed by atoms with van der Waals surface area (Å²) in [5.41, 5.74) is -4.66. The lowest BCUT2D eigenvalue weighted by Crippen LogP contribution is -2.48. The van der Waals surface area contributed by atoms with Crippen molar-refractivity contribution in [2.45, 2.75) is 20.8 Å². The Labute approximate surface area is 150 Å². The Bertz CT molecular complexity index is 569. The van der Waals surface area contributed by atoms with Crippen LogP contribution in [0.4, 0.5) is 0 Å². The number of allylic oxidation sites excluding steroid dienone is 3. The van der Waals surface area contributed by atoms with Crippen LogP contribution in [0.3, 0.4) is 0 Å². The topological polar surface area (TPSA) is 173 Å². The van der Waals surface area contributed by atoms with Gasteiger partial charge in [-0.2, -0.15) is 0 Å². The van der Waals surface area contributed by atoms with Crippen LogP contribution in [-0.2, 0) is 14.4 Å². The Balaban J connectivity index is 7.24. The second-order valence-corrected chi connectivity index (χ2v) is 6.09. The lowest BCUT2D eigenvalue weighted by Gasteiger charge is -2.43. The van der Waals surface area contributed by atoms with Crippen molar-refractivity contribution in [1.82, 2.24) is 0 Å². The molecule has 0 spiro atoms. The van der Waals surface area contributed by atoms with Gasteiger partial charge in [0.25, 0.3) is 0 Å². The Hall–Kier alpha value is -2.49. The largest absolute Gasteiger partial charge is 0.478 e. The predicted octanol–water partition coefficient (Wildman–Crippen LogP) is 0.0288. The van der Waals surface area contributed by atoms with Crippen LogP contribution in [0.1, 0.15) is 20.8 Å². The first-order chi connectivity index (χ1) is 11.9. The number of hydrogen-bond donors (Lipinski definition) is 6. The highest BCUT2D eigenvalue weighted by Crippen LogP contribution is 2.45. The van der Waals surface area contributed by atoms with E-state index in [0.717, 1.165) is 18.2 Å². The van der Waals surface area contributed by atoms with Crippen LogP contribution in [0.2, 0.25) is 0 Å². The van der Waals surface area contributed by atoms with Gasteiger partial charge in [0.2, 0.25) is 0 Å². The van der Waals surface area contributed by atoms with E-state index in [-0.39, 0.29) is 16.7 Å². The second-order valence-electron chi connectivity index (χ2n) is 6.09. The van der Waals surface area contributed by atoms with E-state index in [9.17, 15) is 45.0 Å². The number of carboxylic acid groups (broad SMARTS) is 3. The fourth-order valence-corrected chi connectivity index (χ4v) is 2.41. The minimum absolute atomic E-state index is 0.298. The number of aliphatic hydroxyl groups excluding tert-OH is 3. The molecule has 0 saturated heterocycles. The van der Waals surface area contributed by atoms with E-state index in [1.54, 1.807) is 0 Å². The number of rotatable bonds is 10. The van der Waals surface area contributed by atoms with Crippen molar-refractivity contribution < 1.29 is 45.0 Å². The number of carbonyl (C=O) groups is 3. The first kappa shape index (κ1) is 23.5. The van der Waals surface area contributed by atoms with Gasteiger partial charge in [0.05, 0.1) is 25.2 Å². The summed E-state index contributed by atoms with van der Waals surface area (Å²) in [6.45, 7) is 0.911. The van der Waals surface area contributed by atoms with Crippen molar-refractivity contribution in [1.29, 1.82) is 0 Å². The Morgan fingerprint density at radius 2 is 0.885 bits per heavy atom. The number of aliphatic hydroxyl groups is 3. The second kappa shape index (κ2) is 9.27. The van der Waals surface area contributed by atoms with Crippen LogP contribution in [0.25, 0.3) is 0 Å². The van der Waals surface area contributed by atoms with Crippen molar-refractivity contribution in [2.75, 3.05) is 19.8 Å². The van der Waals surface area contributed by atoms with Gasteiger partial charge < -0.3 is 30.6 Å². The van der Waals surface area contributed by atoms with E-state index in [0.29, 0.717) is 0 Å². The van der Waals surface area contributed by atoms with Gasteiger partial charge in [-0.1, -0.05) is 18.2 Å². The zero-order valence-electron chi connectivity index (χ0n) is 14.8. The van der Waals surface area contributed by atoms with Gasteiger partial charge in [-0.05, 0) is 20.8 Å². The molecule has 0 aliphatic carbocycles. The van der Waals surface area contributed by atoms with Crippen LogP contribution >= 0.6 is 0 Å². The normalized spacial score (nSPS) is 16.2. The van der Waals surface area contributed by atoms with E-state index in [1.807, 2.05) is 0 Å². The predicted molar refractivity (Wildman–Crippen MR) is 90.3 cm³/mol. The highest BCUT2D eigenvalue weighted by Gasteiger charge is 2.48. The van der Waals surface area contributed by atoms with Crippen LogP contribution in [0, 0.1) is 10.8 Å². The number of aliphatic carboxylic acids is 3. The minimum atomic E-state index is -1.90. The molecule has 9 nitrogen and oxygen atoms in total. The fraction of sp³-hybridized carbons (Fsp3) is 0.471. The summed E-state index contributed by atoms with van der Waals surface area (Å²) >= 11 is 0. The molecule has 0 radical (unpaired) electrons. The third-order valence-electron chi connectivity index (χ3n) is 4.20. The SMILES string of the molecule is CC(=CC(C=C(C)C(=O)O)(C=C(C)C(=O)O)C(CO)(CO)CO)C(=O)O. The number of hydrogen-bond acceptors (Lipinski definition) is 6. The Morgan fingerprint density at radius 3 is 1.04 bits per heavy atom. The highest BCUT2D eigenvalue weighted by molar-refractivity contribution is 5.89. The molecule has 0 heterocycles. The maximum atomic E-state index is 11.3. The molecule has 26 heavy (non-hydrogen) atoms. The highest BCUT2D eigenvalue weighted by atomic mass is 16.4. The van der Waals surface area contributed by atoms with Crippen LogP contribution in [0.15, 0.2) is 34.9 Å². The fourth-order valence-electron chi connectivity index (χ4n) is 2.41. The summed E-state index contributed by atoms with van der Waals surface area (Å²) < 4.78 is 0. The molecule has 0 atom stereocenters. The van der Waals surface area contributed by atoms with Gasteiger partial charge in [-0.15, -0.1) is 0 Å². The van der Waals surface area contributed by atoms with Gasteiger partial charge in [0, 0.05) is 22.1 Å². The van der Waals surface area contributed by atoms with Crippen molar-refractivity contribution in [3.8, 4) is 0 Å². The molecular weight excluding hydrogens is 348 g/mol. The molecule has 0 aromatic carbocycles. The molecule has 0 fully saturated rings. The molecule has 0 saturated carbocycles. The monoisotopic (exact) mass is 372 g/mol. The van der Waals surface area contributed by atoms with Crippen LogP contribution in [-0.4, -0.2) is 68.4 Å². The molecule has 0 amide bonds. The van der Waals surface area contributed by atoms with E-state index in [2.05, 4.69) is 0 Å². The maximum Gasteiger partial charge on any atom is 0.330 e. The Kier molecular flexibility index (Phi) is 8.39. The van der Waals surface area contributed by atoms with Crippen molar-refractivity contribution in [3.63, 3.8) is 0 Å². The van der Waals surface area contributed by atoms with Crippen molar-refractivity contribution in [3.05, 3.63) is 34.9 Å². The van der Waals surface area contributed by atoms with E-state index < -0.39 is 48.6 Å². The summed E-state index contributed by atoms with van der Waals surface area (Å²) in [4.78, 5) is 33.8. The molecule has 0 aliphatic heterocycles. The molecular formula is C17H24O9. The van der Waals surface area contributed by atoms with Crippen molar-refractivity contribution >= 4 is 17.9 Å². The van der Waals surface area contributed by atoms with Gasteiger partial charge in [-0.25, -0.2) is 14.4 Å². The molecule has 9 heteroatoms. The first-order valence-electron chi connectivity index (χ1n) is 7.52. The van der Waals surface area contributed by atoms with Crippen molar-refractivity contribution in [2.24, 2.45) is 10.8 Å². The van der Waals surface area contributed by atoms with E-state index in [4.69, 9.17) is 0 Å². The van der Waals surface area contributed by atoms with Crippen LogP contribution in [0.5, 0.6) is 0 Å². The molecule has 146 valence electrons. The molecule has 0 aromatic heterocycles. The Morgan fingerprint density at radius 1 is 0.654 bits per heavy atom. The lowest BCUT2D eigenvalue weighted by atomic mass is 9.62.